The van der Waals surface area contributed by atoms with Gasteiger partial charge in [-0.2, -0.15) is 0 Å². The van der Waals surface area contributed by atoms with Gasteiger partial charge in [-0.15, -0.1) is 0 Å². The number of hydrogen-bond donors (Lipinski definition) is 1. The summed E-state index contributed by atoms with van der Waals surface area (Å²) >= 11 is 0. The lowest BCUT2D eigenvalue weighted by Gasteiger charge is -2.35. The van der Waals surface area contributed by atoms with E-state index in [1.54, 1.807) is 6.07 Å². The molecule has 6 nitrogen and oxygen atoms in total. The van der Waals surface area contributed by atoms with Crippen LogP contribution in [0.5, 0.6) is 0 Å². The summed E-state index contributed by atoms with van der Waals surface area (Å²) in [5.74, 6) is 0.712. The van der Waals surface area contributed by atoms with Crippen LogP contribution in [0.3, 0.4) is 0 Å². The van der Waals surface area contributed by atoms with Crippen LogP contribution < -0.4 is 10.2 Å². The first-order valence-corrected chi connectivity index (χ1v) is 9.99. The SMILES string of the molecule is CCN(CC)C(=O)C1CCCN(c2cccc(C(=O)Nc3ccccc3)n2)C1. The number of nitrogens with one attached hydrogen (secondary N) is 1. The van der Waals surface area contributed by atoms with Crippen molar-refractivity contribution in [3.05, 3.63) is 54.2 Å². The molecule has 1 unspecified atom stereocenters. The molecule has 0 saturated carbocycles. The maximum atomic E-state index is 12.7. The summed E-state index contributed by atoms with van der Waals surface area (Å²) in [6, 6.07) is 14.8. The minimum atomic E-state index is -0.235. The number of carbonyl (C=O) groups is 2. The minimum Gasteiger partial charge on any atom is -0.356 e. The molecular weight excluding hydrogens is 352 g/mol. The first-order valence-electron chi connectivity index (χ1n) is 9.99. The van der Waals surface area contributed by atoms with Gasteiger partial charge in [0.15, 0.2) is 0 Å². The quantitative estimate of drug-likeness (QED) is 0.834. The molecule has 1 aromatic heterocycles. The Bertz CT molecular complexity index is 805. The molecule has 1 fully saturated rings. The third-order valence-electron chi connectivity index (χ3n) is 5.17. The molecule has 28 heavy (non-hydrogen) atoms. The van der Waals surface area contributed by atoms with Gasteiger partial charge in [-0.3, -0.25) is 9.59 Å². The lowest BCUT2D eigenvalue weighted by molar-refractivity contribution is -0.135. The van der Waals surface area contributed by atoms with Crippen molar-refractivity contribution in [2.75, 3.05) is 36.4 Å². The number of hydrogen-bond acceptors (Lipinski definition) is 4. The van der Waals surface area contributed by atoms with Crippen LogP contribution in [0.1, 0.15) is 37.2 Å². The van der Waals surface area contributed by atoms with Crippen molar-refractivity contribution < 1.29 is 9.59 Å². The van der Waals surface area contributed by atoms with E-state index in [-0.39, 0.29) is 17.7 Å². The molecule has 1 aliphatic heterocycles. The van der Waals surface area contributed by atoms with Crippen LogP contribution in [-0.2, 0) is 4.79 Å². The molecular formula is C22H28N4O2. The summed E-state index contributed by atoms with van der Waals surface area (Å²) in [6.45, 7) is 6.99. The molecule has 2 aromatic rings. The van der Waals surface area contributed by atoms with E-state index in [4.69, 9.17) is 0 Å². The van der Waals surface area contributed by atoms with Gasteiger partial charge in [-0.1, -0.05) is 24.3 Å². The van der Waals surface area contributed by atoms with Gasteiger partial charge in [0, 0.05) is 31.9 Å². The fraction of sp³-hybridized carbons (Fsp3) is 0.409. The Hall–Kier alpha value is -2.89. The zero-order chi connectivity index (χ0) is 19.9. The molecule has 3 rings (SSSR count). The first kappa shape index (κ1) is 19.9. The predicted molar refractivity (Wildman–Crippen MR) is 111 cm³/mol. The maximum absolute atomic E-state index is 12.7. The molecule has 0 radical (unpaired) electrons. The number of aromatic nitrogens is 1. The van der Waals surface area contributed by atoms with Gasteiger partial charge in [0.25, 0.3) is 5.91 Å². The second kappa shape index (κ2) is 9.35. The van der Waals surface area contributed by atoms with Gasteiger partial charge < -0.3 is 15.1 Å². The highest BCUT2D eigenvalue weighted by Crippen LogP contribution is 2.23. The Labute approximate surface area is 166 Å². The van der Waals surface area contributed by atoms with E-state index in [0.717, 1.165) is 44.0 Å². The van der Waals surface area contributed by atoms with E-state index in [1.807, 2.05) is 61.2 Å². The van der Waals surface area contributed by atoms with Gasteiger partial charge in [0.05, 0.1) is 5.92 Å². The minimum absolute atomic E-state index is 0.0164. The summed E-state index contributed by atoms with van der Waals surface area (Å²) in [5, 5.41) is 2.86. The molecule has 148 valence electrons. The smallest absolute Gasteiger partial charge is 0.274 e. The second-order valence-corrected chi connectivity index (χ2v) is 7.00. The number of para-hydroxylation sites is 1. The average Bonchev–Trinajstić information content (AvgIpc) is 2.75. The Kier molecular flexibility index (Phi) is 6.63. The molecule has 1 saturated heterocycles. The summed E-state index contributed by atoms with van der Waals surface area (Å²) in [5.41, 5.74) is 1.11. The Morgan fingerprint density at radius 1 is 1.11 bits per heavy atom. The Balaban J connectivity index is 1.70. The van der Waals surface area contributed by atoms with E-state index in [1.165, 1.54) is 0 Å². The van der Waals surface area contributed by atoms with Crippen molar-refractivity contribution in [3.63, 3.8) is 0 Å². The van der Waals surface area contributed by atoms with Crippen molar-refractivity contribution in [2.24, 2.45) is 5.92 Å². The zero-order valence-corrected chi connectivity index (χ0v) is 16.6. The highest BCUT2D eigenvalue weighted by atomic mass is 16.2. The van der Waals surface area contributed by atoms with Crippen LogP contribution in [0, 0.1) is 5.92 Å². The lowest BCUT2D eigenvalue weighted by atomic mass is 9.96. The monoisotopic (exact) mass is 380 g/mol. The van der Waals surface area contributed by atoms with Crippen LogP contribution in [0.4, 0.5) is 11.5 Å². The fourth-order valence-electron chi connectivity index (χ4n) is 3.62. The lowest BCUT2D eigenvalue weighted by Crippen LogP contribution is -2.45. The molecule has 6 heteroatoms. The average molecular weight is 380 g/mol. The number of nitrogens with zero attached hydrogens (tertiary/aromatic N) is 3. The molecule has 0 bridgehead atoms. The number of rotatable bonds is 6. The summed E-state index contributed by atoms with van der Waals surface area (Å²) in [6.07, 6.45) is 1.85. The zero-order valence-electron chi connectivity index (χ0n) is 16.6. The molecule has 1 aromatic carbocycles. The number of amides is 2. The summed E-state index contributed by atoms with van der Waals surface area (Å²) in [4.78, 5) is 33.8. The topological polar surface area (TPSA) is 65.5 Å². The van der Waals surface area contributed by atoms with E-state index in [9.17, 15) is 9.59 Å². The number of anilines is 2. The van der Waals surface area contributed by atoms with Crippen molar-refractivity contribution >= 4 is 23.3 Å². The molecule has 0 spiro atoms. The number of piperidine rings is 1. The van der Waals surface area contributed by atoms with Gasteiger partial charge in [0.2, 0.25) is 5.91 Å². The standard InChI is InChI=1S/C22H28N4O2/c1-3-25(4-2)22(28)17-10-9-15-26(16-17)20-14-8-13-19(24-20)21(27)23-18-11-6-5-7-12-18/h5-8,11-14,17H,3-4,9-10,15-16H2,1-2H3,(H,23,27). The summed E-state index contributed by atoms with van der Waals surface area (Å²) < 4.78 is 0. The maximum Gasteiger partial charge on any atom is 0.274 e. The van der Waals surface area contributed by atoms with Crippen LogP contribution >= 0.6 is 0 Å². The Morgan fingerprint density at radius 3 is 2.57 bits per heavy atom. The molecule has 1 atom stereocenters. The molecule has 2 heterocycles. The fourth-order valence-corrected chi connectivity index (χ4v) is 3.62. The summed E-state index contributed by atoms with van der Waals surface area (Å²) in [7, 11) is 0. The van der Waals surface area contributed by atoms with Gasteiger partial charge in [0.1, 0.15) is 11.5 Å². The predicted octanol–water partition coefficient (Wildman–Crippen LogP) is 3.42. The second-order valence-electron chi connectivity index (χ2n) is 7.00. The third kappa shape index (κ3) is 4.68. The van der Waals surface area contributed by atoms with Crippen LogP contribution in [0.2, 0.25) is 0 Å². The van der Waals surface area contributed by atoms with Gasteiger partial charge in [-0.05, 0) is 51.0 Å². The highest BCUT2D eigenvalue weighted by molar-refractivity contribution is 6.03. The molecule has 1 N–H and O–H groups in total. The Morgan fingerprint density at radius 2 is 1.86 bits per heavy atom. The van der Waals surface area contributed by atoms with E-state index in [2.05, 4.69) is 15.2 Å². The van der Waals surface area contributed by atoms with Crippen LogP contribution in [0.15, 0.2) is 48.5 Å². The third-order valence-corrected chi connectivity index (χ3v) is 5.17. The largest absolute Gasteiger partial charge is 0.356 e. The normalized spacial score (nSPS) is 16.5. The molecule has 1 aliphatic rings. The first-order chi connectivity index (χ1) is 13.6. The van der Waals surface area contributed by atoms with Crippen molar-refractivity contribution in [1.29, 1.82) is 0 Å². The van der Waals surface area contributed by atoms with E-state index < -0.39 is 0 Å². The van der Waals surface area contributed by atoms with Crippen molar-refractivity contribution in [1.82, 2.24) is 9.88 Å². The van der Waals surface area contributed by atoms with Crippen molar-refractivity contribution in [3.8, 4) is 0 Å². The molecule has 2 amide bonds. The number of benzene rings is 1. The van der Waals surface area contributed by atoms with Gasteiger partial charge in [-0.25, -0.2) is 4.98 Å². The molecule has 0 aliphatic carbocycles. The van der Waals surface area contributed by atoms with Crippen LogP contribution in [-0.4, -0.2) is 47.9 Å². The number of carbonyl (C=O) groups excluding carboxylic acids is 2. The van der Waals surface area contributed by atoms with E-state index in [0.29, 0.717) is 12.2 Å². The number of pyridine rings is 1. The van der Waals surface area contributed by atoms with Crippen LogP contribution in [0.25, 0.3) is 0 Å². The van der Waals surface area contributed by atoms with Gasteiger partial charge >= 0.3 is 0 Å². The van der Waals surface area contributed by atoms with E-state index >= 15 is 0 Å². The highest BCUT2D eigenvalue weighted by Gasteiger charge is 2.29. The van der Waals surface area contributed by atoms with Crippen molar-refractivity contribution in [2.45, 2.75) is 26.7 Å².